The van der Waals surface area contributed by atoms with Crippen LogP contribution in [0.2, 0.25) is 0 Å². The summed E-state index contributed by atoms with van der Waals surface area (Å²) < 4.78 is 0. The second-order valence-corrected chi connectivity index (χ2v) is 6.75. The molecule has 0 spiro atoms. The van der Waals surface area contributed by atoms with Crippen LogP contribution in [0.1, 0.15) is 53.1 Å². The summed E-state index contributed by atoms with van der Waals surface area (Å²) in [5.74, 6) is 0.188. The summed E-state index contributed by atoms with van der Waals surface area (Å²) in [5, 5.41) is 5.97. The van der Waals surface area contributed by atoms with Crippen molar-refractivity contribution in [1.29, 1.82) is 0 Å². The highest BCUT2D eigenvalue weighted by molar-refractivity contribution is 6.01. The van der Waals surface area contributed by atoms with Gasteiger partial charge in [-0.2, -0.15) is 0 Å². The predicted octanol–water partition coefficient (Wildman–Crippen LogP) is 1.20. The number of hydrogen-bond acceptors (Lipinski definition) is 4. The van der Waals surface area contributed by atoms with Crippen molar-refractivity contribution in [2.24, 2.45) is 0 Å². The quantitative estimate of drug-likeness (QED) is 0.761. The first-order valence-electron chi connectivity index (χ1n) is 8.95. The van der Waals surface area contributed by atoms with Crippen molar-refractivity contribution >= 4 is 18.1 Å². The first-order chi connectivity index (χ1) is 12.2. The first kappa shape index (κ1) is 17.6. The molecule has 1 atom stereocenters. The molecular formula is C19H25N3O3. The van der Waals surface area contributed by atoms with Gasteiger partial charge in [-0.15, -0.1) is 0 Å². The number of likely N-dealkylation sites (N-methyl/N-ethyl adjacent to an activating group) is 1. The van der Waals surface area contributed by atoms with Gasteiger partial charge in [0.2, 0.25) is 5.91 Å². The largest absolute Gasteiger partial charge is 0.357 e. The Morgan fingerprint density at radius 1 is 1.40 bits per heavy atom. The maximum Gasteiger partial charge on any atom is 0.255 e. The number of nitrogens with one attached hydrogen (secondary N) is 2. The molecule has 0 saturated carbocycles. The number of aldehydes is 1. The van der Waals surface area contributed by atoms with Crippen molar-refractivity contribution in [3.63, 3.8) is 0 Å². The number of amides is 2. The highest BCUT2D eigenvalue weighted by atomic mass is 16.2. The van der Waals surface area contributed by atoms with Gasteiger partial charge < -0.3 is 20.3 Å². The summed E-state index contributed by atoms with van der Waals surface area (Å²) in [6.45, 7) is 2.48. The third-order valence-electron chi connectivity index (χ3n) is 5.26. The number of hydrogen-bond donors (Lipinski definition) is 2. The highest BCUT2D eigenvalue weighted by Crippen LogP contribution is 2.32. The van der Waals surface area contributed by atoms with Crippen molar-refractivity contribution in [2.75, 3.05) is 20.1 Å². The topological polar surface area (TPSA) is 78.5 Å². The van der Waals surface area contributed by atoms with Gasteiger partial charge in [0.15, 0.2) is 0 Å². The lowest BCUT2D eigenvalue weighted by Gasteiger charge is -2.25. The monoisotopic (exact) mass is 343 g/mol. The average Bonchev–Trinajstić information content (AvgIpc) is 2.98. The number of nitrogens with zero attached hydrogens (tertiary/aromatic N) is 1. The molecule has 1 aromatic rings. The standard InChI is InChI=1S/C19H25N3O3/c1-20-18(24)17(3-2-10-23)22-12-15-11-14(4-5-16(15)19(22)25)13-6-8-21-9-7-13/h4-5,10-11,13,17,21H,2-3,6-9,12H2,1H3,(H,20,24). The van der Waals surface area contributed by atoms with Crippen LogP contribution in [0.4, 0.5) is 0 Å². The maximum atomic E-state index is 12.8. The minimum atomic E-state index is -0.600. The smallest absolute Gasteiger partial charge is 0.255 e. The fourth-order valence-electron chi connectivity index (χ4n) is 3.85. The summed E-state index contributed by atoms with van der Waals surface area (Å²) in [6, 6.07) is 5.48. The molecular weight excluding hydrogens is 318 g/mol. The summed E-state index contributed by atoms with van der Waals surface area (Å²) in [6.07, 6.45) is 3.62. The Morgan fingerprint density at radius 2 is 2.16 bits per heavy atom. The van der Waals surface area contributed by atoms with Crippen LogP contribution in [0.3, 0.4) is 0 Å². The van der Waals surface area contributed by atoms with Crippen molar-refractivity contribution in [3.05, 3.63) is 34.9 Å². The molecule has 2 aliphatic heterocycles. The summed E-state index contributed by atoms with van der Waals surface area (Å²) in [4.78, 5) is 37.3. The third kappa shape index (κ3) is 3.58. The Kier molecular flexibility index (Phi) is 5.48. The molecule has 1 fully saturated rings. The molecule has 134 valence electrons. The lowest BCUT2D eigenvalue weighted by molar-refractivity contribution is -0.125. The van der Waals surface area contributed by atoms with E-state index in [0.717, 1.165) is 37.8 Å². The van der Waals surface area contributed by atoms with E-state index in [0.29, 0.717) is 24.4 Å². The Balaban J connectivity index is 1.81. The van der Waals surface area contributed by atoms with Crippen molar-refractivity contribution < 1.29 is 14.4 Å². The van der Waals surface area contributed by atoms with Crippen LogP contribution in [0.5, 0.6) is 0 Å². The summed E-state index contributed by atoms with van der Waals surface area (Å²) in [7, 11) is 1.55. The average molecular weight is 343 g/mol. The molecule has 0 aromatic heterocycles. The normalized spacial score (nSPS) is 18.8. The molecule has 1 unspecified atom stereocenters. The summed E-state index contributed by atoms with van der Waals surface area (Å²) in [5.41, 5.74) is 2.94. The van der Waals surface area contributed by atoms with Gasteiger partial charge in [-0.25, -0.2) is 0 Å². The SMILES string of the molecule is CNC(=O)C(CCC=O)N1Cc2cc(C3CCNCC3)ccc2C1=O. The molecule has 2 aliphatic rings. The van der Waals surface area contributed by atoms with Gasteiger partial charge >= 0.3 is 0 Å². The van der Waals surface area contributed by atoms with Gasteiger partial charge in [0.25, 0.3) is 5.91 Å². The van der Waals surface area contributed by atoms with Crippen molar-refractivity contribution in [2.45, 2.75) is 44.2 Å². The molecule has 1 saturated heterocycles. The number of benzene rings is 1. The van der Waals surface area contributed by atoms with E-state index in [2.05, 4.69) is 22.8 Å². The molecule has 6 nitrogen and oxygen atoms in total. The van der Waals surface area contributed by atoms with E-state index in [1.165, 1.54) is 5.56 Å². The van der Waals surface area contributed by atoms with E-state index in [9.17, 15) is 14.4 Å². The van der Waals surface area contributed by atoms with E-state index in [-0.39, 0.29) is 18.2 Å². The van der Waals surface area contributed by atoms with Crippen LogP contribution < -0.4 is 10.6 Å². The van der Waals surface area contributed by atoms with Crippen molar-refractivity contribution in [1.82, 2.24) is 15.5 Å². The number of piperidine rings is 1. The third-order valence-corrected chi connectivity index (χ3v) is 5.26. The van der Waals surface area contributed by atoms with E-state index >= 15 is 0 Å². The second kappa shape index (κ2) is 7.78. The van der Waals surface area contributed by atoms with E-state index in [4.69, 9.17) is 0 Å². The van der Waals surface area contributed by atoms with E-state index < -0.39 is 6.04 Å². The molecule has 2 heterocycles. The zero-order valence-electron chi connectivity index (χ0n) is 14.6. The molecule has 2 amide bonds. The number of carbonyl (C=O) groups excluding carboxylic acids is 3. The Labute approximate surface area is 148 Å². The van der Waals surface area contributed by atoms with Gasteiger partial charge in [-0.1, -0.05) is 12.1 Å². The molecule has 0 aliphatic carbocycles. The van der Waals surface area contributed by atoms with E-state index in [1.807, 2.05) is 6.07 Å². The lowest BCUT2D eigenvalue weighted by Crippen LogP contribution is -2.46. The minimum Gasteiger partial charge on any atom is -0.357 e. The van der Waals surface area contributed by atoms with Crippen molar-refractivity contribution in [3.8, 4) is 0 Å². The lowest BCUT2D eigenvalue weighted by atomic mass is 9.88. The number of carbonyl (C=O) groups is 3. The molecule has 0 radical (unpaired) electrons. The van der Waals surface area contributed by atoms with Crippen LogP contribution in [0.25, 0.3) is 0 Å². The van der Waals surface area contributed by atoms with Crippen LogP contribution in [0.15, 0.2) is 18.2 Å². The van der Waals surface area contributed by atoms with Crippen LogP contribution in [-0.2, 0) is 16.1 Å². The fourth-order valence-corrected chi connectivity index (χ4v) is 3.85. The molecule has 2 N–H and O–H groups in total. The second-order valence-electron chi connectivity index (χ2n) is 6.75. The first-order valence-corrected chi connectivity index (χ1v) is 8.95. The summed E-state index contributed by atoms with van der Waals surface area (Å²) >= 11 is 0. The zero-order chi connectivity index (χ0) is 17.8. The van der Waals surface area contributed by atoms with Gasteiger partial charge in [0, 0.05) is 25.6 Å². The molecule has 6 heteroatoms. The number of rotatable bonds is 6. The van der Waals surface area contributed by atoms with Gasteiger partial charge in [0.05, 0.1) is 0 Å². The molecule has 25 heavy (non-hydrogen) atoms. The predicted molar refractivity (Wildman–Crippen MR) is 94.3 cm³/mol. The van der Waals surface area contributed by atoms with Crippen LogP contribution >= 0.6 is 0 Å². The van der Waals surface area contributed by atoms with Crippen LogP contribution in [0, 0.1) is 0 Å². The van der Waals surface area contributed by atoms with Gasteiger partial charge in [0.1, 0.15) is 12.3 Å². The number of fused-ring (bicyclic) bond motifs is 1. The zero-order valence-corrected chi connectivity index (χ0v) is 14.6. The Hall–Kier alpha value is -2.21. The van der Waals surface area contributed by atoms with Gasteiger partial charge in [-0.3, -0.25) is 9.59 Å². The highest BCUT2D eigenvalue weighted by Gasteiger charge is 2.36. The minimum absolute atomic E-state index is 0.119. The molecule has 0 bridgehead atoms. The molecule has 1 aromatic carbocycles. The molecule has 3 rings (SSSR count). The van der Waals surface area contributed by atoms with Crippen LogP contribution in [-0.4, -0.2) is 49.2 Å². The maximum absolute atomic E-state index is 12.8. The Bertz CT molecular complexity index is 668. The van der Waals surface area contributed by atoms with E-state index in [1.54, 1.807) is 11.9 Å². The van der Waals surface area contributed by atoms with Gasteiger partial charge in [-0.05, 0) is 55.5 Å². The Morgan fingerprint density at radius 3 is 2.84 bits per heavy atom. The fraction of sp³-hybridized carbons (Fsp3) is 0.526.